The molecule has 0 spiro atoms. The molecule has 0 saturated heterocycles. The van der Waals surface area contributed by atoms with E-state index < -0.39 is 0 Å². The summed E-state index contributed by atoms with van der Waals surface area (Å²) in [5.41, 5.74) is -0.109. The molecule has 0 saturated carbocycles. The third-order valence-electron chi connectivity index (χ3n) is 1.91. The summed E-state index contributed by atoms with van der Waals surface area (Å²) in [6, 6.07) is 0. The van der Waals surface area contributed by atoms with Crippen molar-refractivity contribution in [1.82, 2.24) is 9.36 Å². The first kappa shape index (κ1) is 12.4. The summed E-state index contributed by atoms with van der Waals surface area (Å²) in [6.07, 6.45) is 0. The summed E-state index contributed by atoms with van der Waals surface area (Å²) < 4.78 is 9.41. The molecule has 0 aliphatic rings. The molecule has 0 aromatic carbocycles. The summed E-state index contributed by atoms with van der Waals surface area (Å²) >= 11 is 1.40. The Morgan fingerprint density at radius 3 is 2.60 bits per heavy atom. The molecule has 0 amide bonds. The van der Waals surface area contributed by atoms with Gasteiger partial charge in [-0.2, -0.15) is 4.37 Å². The molecular formula is C10H19N3OS. The lowest BCUT2D eigenvalue weighted by atomic mass is 10.1. The van der Waals surface area contributed by atoms with E-state index in [2.05, 4.69) is 42.4 Å². The third-order valence-corrected chi connectivity index (χ3v) is 2.55. The average Bonchev–Trinajstić information content (AvgIpc) is 2.51. The van der Waals surface area contributed by atoms with E-state index in [4.69, 9.17) is 4.74 Å². The Hall–Kier alpha value is -0.680. The van der Waals surface area contributed by atoms with Crippen molar-refractivity contribution in [2.24, 2.45) is 0 Å². The zero-order valence-electron chi connectivity index (χ0n) is 10.00. The van der Waals surface area contributed by atoms with E-state index >= 15 is 0 Å². The van der Waals surface area contributed by atoms with E-state index in [1.165, 1.54) is 11.5 Å². The molecule has 86 valence electrons. The fourth-order valence-electron chi connectivity index (χ4n) is 1.21. The molecule has 0 fully saturated rings. The molecule has 0 unspecified atom stereocenters. The van der Waals surface area contributed by atoms with Gasteiger partial charge >= 0.3 is 0 Å². The molecule has 0 atom stereocenters. The standard InChI is InChI=1S/C10H19N3OS/c1-7(2)8-11-9(15-13-8)12-10(3,4)6-14-5/h7H,6H2,1-5H3,(H,11,12,13). The van der Waals surface area contributed by atoms with E-state index in [9.17, 15) is 0 Å². The smallest absolute Gasteiger partial charge is 0.203 e. The van der Waals surface area contributed by atoms with Gasteiger partial charge in [0.1, 0.15) is 5.82 Å². The predicted molar refractivity (Wildman–Crippen MR) is 63.6 cm³/mol. The Morgan fingerprint density at radius 2 is 2.13 bits per heavy atom. The van der Waals surface area contributed by atoms with Crippen LogP contribution in [0, 0.1) is 0 Å². The molecular weight excluding hydrogens is 210 g/mol. The lowest BCUT2D eigenvalue weighted by Crippen LogP contribution is -2.35. The van der Waals surface area contributed by atoms with Gasteiger partial charge in [0.2, 0.25) is 5.13 Å². The lowest BCUT2D eigenvalue weighted by molar-refractivity contribution is 0.158. The number of hydrogen-bond donors (Lipinski definition) is 1. The molecule has 15 heavy (non-hydrogen) atoms. The van der Waals surface area contributed by atoms with Crippen LogP contribution in [0.2, 0.25) is 0 Å². The van der Waals surface area contributed by atoms with Gasteiger partial charge in [-0.15, -0.1) is 0 Å². The maximum atomic E-state index is 5.13. The molecule has 1 aromatic heterocycles. The highest BCUT2D eigenvalue weighted by molar-refractivity contribution is 7.09. The second kappa shape index (κ2) is 4.90. The quantitative estimate of drug-likeness (QED) is 0.842. The number of rotatable bonds is 5. The zero-order chi connectivity index (χ0) is 11.5. The van der Waals surface area contributed by atoms with Crippen molar-refractivity contribution >= 4 is 16.7 Å². The fraction of sp³-hybridized carbons (Fsp3) is 0.800. The van der Waals surface area contributed by atoms with Crippen LogP contribution in [0.3, 0.4) is 0 Å². The molecule has 0 aliphatic heterocycles. The Bertz CT molecular complexity index is 309. The maximum absolute atomic E-state index is 5.13. The predicted octanol–water partition coefficient (Wildman–Crippen LogP) is 2.50. The molecule has 1 N–H and O–H groups in total. The first-order chi connectivity index (χ1) is 6.94. The van der Waals surface area contributed by atoms with Gasteiger partial charge < -0.3 is 10.1 Å². The van der Waals surface area contributed by atoms with E-state index in [1.807, 2.05) is 0 Å². The van der Waals surface area contributed by atoms with Crippen molar-refractivity contribution in [3.8, 4) is 0 Å². The number of anilines is 1. The average molecular weight is 229 g/mol. The van der Waals surface area contributed by atoms with Crippen molar-refractivity contribution in [1.29, 1.82) is 0 Å². The minimum Gasteiger partial charge on any atom is -0.382 e. The first-order valence-corrected chi connectivity index (χ1v) is 5.82. The van der Waals surface area contributed by atoms with Gasteiger partial charge in [0, 0.05) is 24.6 Å². The lowest BCUT2D eigenvalue weighted by Gasteiger charge is -2.24. The van der Waals surface area contributed by atoms with E-state index in [-0.39, 0.29) is 5.54 Å². The van der Waals surface area contributed by atoms with Crippen molar-refractivity contribution in [3.63, 3.8) is 0 Å². The van der Waals surface area contributed by atoms with Crippen LogP contribution >= 0.6 is 11.5 Å². The van der Waals surface area contributed by atoms with E-state index in [0.29, 0.717) is 12.5 Å². The van der Waals surface area contributed by atoms with Gasteiger partial charge in [0.15, 0.2) is 0 Å². The molecule has 0 aliphatic carbocycles. The van der Waals surface area contributed by atoms with Crippen LogP contribution in [0.25, 0.3) is 0 Å². The minimum absolute atomic E-state index is 0.109. The highest BCUT2D eigenvalue weighted by Gasteiger charge is 2.19. The second-order valence-corrected chi connectivity index (χ2v) is 5.31. The number of aromatic nitrogens is 2. The van der Waals surface area contributed by atoms with Gasteiger partial charge in [-0.25, -0.2) is 4.98 Å². The number of nitrogens with zero attached hydrogens (tertiary/aromatic N) is 2. The van der Waals surface area contributed by atoms with E-state index in [0.717, 1.165) is 11.0 Å². The monoisotopic (exact) mass is 229 g/mol. The first-order valence-electron chi connectivity index (χ1n) is 5.05. The Morgan fingerprint density at radius 1 is 1.47 bits per heavy atom. The largest absolute Gasteiger partial charge is 0.382 e. The highest BCUT2D eigenvalue weighted by Crippen LogP contribution is 2.20. The molecule has 5 heteroatoms. The van der Waals surface area contributed by atoms with Crippen molar-refractivity contribution in [3.05, 3.63) is 5.82 Å². The highest BCUT2D eigenvalue weighted by atomic mass is 32.1. The van der Waals surface area contributed by atoms with E-state index in [1.54, 1.807) is 7.11 Å². The molecule has 0 radical (unpaired) electrons. The summed E-state index contributed by atoms with van der Waals surface area (Å²) in [6.45, 7) is 8.97. The number of ether oxygens (including phenoxy) is 1. The summed E-state index contributed by atoms with van der Waals surface area (Å²) in [7, 11) is 1.70. The minimum atomic E-state index is -0.109. The van der Waals surface area contributed by atoms with Crippen LogP contribution in [0.5, 0.6) is 0 Å². The molecule has 1 rings (SSSR count). The molecule has 4 nitrogen and oxygen atoms in total. The second-order valence-electron chi connectivity index (χ2n) is 4.55. The van der Waals surface area contributed by atoms with Crippen LogP contribution in [-0.4, -0.2) is 28.6 Å². The number of hydrogen-bond acceptors (Lipinski definition) is 5. The normalized spacial score (nSPS) is 12.1. The van der Waals surface area contributed by atoms with Crippen molar-refractivity contribution in [2.45, 2.75) is 39.2 Å². The van der Waals surface area contributed by atoms with Crippen LogP contribution < -0.4 is 5.32 Å². The SMILES string of the molecule is COCC(C)(C)Nc1nc(C(C)C)ns1. The van der Waals surface area contributed by atoms with Crippen LogP contribution in [0.4, 0.5) is 5.13 Å². The number of methoxy groups -OCH3 is 1. The van der Waals surface area contributed by atoms with Gasteiger partial charge in [-0.05, 0) is 13.8 Å². The Labute approximate surface area is 95.2 Å². The maximum Gasteiger partial charge on any atom is 0.203 e. The molecule has 1 heterocycles. The van der Waals surface area contributed by atoms with Gasteiger partial charge in [0.05, 0.1) is 12.1 Å². The summed E-state index contributed by atoms with van der Waals surface area (Å²) in [4.78, 5) is 4.42. The molecule has 1 aromatic rings. The topological polar surface area (TPSA) is 47.0 Å². The zero-order valence-corrected chi connectivity index (χ0v) is 10.8. The van der Waals surface area contributed by atoms with Gasteiger partial charge in [-0.1, -0.05) is 13.8 Å². The van der Waals surface area contributed by atoms with Crippen LogP contribution in [0.1, 0.15) is 39.4 Å². The van der Waals surface area contributed by atoms with Crippen molar-refractivity contribution < 1.29 is 4.74 Å². The Balaban J connectivity index is 2.64. The van der Waals surface area contributed by atoms with Crippen molar-refractivity contribution in [2.75, 3.05) is 19.0 Å². The third kappa shape index (κ3) is 3.76. The Kier molecular flexibility index (Phi) is 4.04. The van der Waals surface area contributed by atoms with Crippen LogP contribution in [0.15, 0.2) is 0 Å². The summed E-state index contributed by atoms with van der Waals surface area (Å²) in [5, 5.41) is 4.18. The fourth-order valence-corrected chi connectivity index (χ4v) is 2.09. The summed E-state index contributed by atoms with van der Waals surface area (Å²) in [5.74, 6) is 1.28. The van der Waals surface area contributed by atoms with Gasteiger partial charge in [-0.3, -0.25) is 0 Å². The number of nitrogens with one attached hydrogen (secondary N) is 1. The van der Waals surface area contributed by atoms with Gasteiger partial charge in [0.25, 0.3) is 0 Å². The van der Waals surface area contributed by atoms with Crippen LogP contribution in [-0.2, 0) is 4.74 Å². The molecule has 0 bridgehead atoms.